The Hall–Kier alpha value is -2.12. The van der Waals surface area contributed by atoms with Gasteiger partial charge < -0.3 is 21.3 Å². The molecule has 2 rings (SSSR count). The van der Waals surface area contributed by atoms with E-state index in [0.717, 1.165) is 0 Å². The smallest absolute Gasteiger partial charge is 0.244 e. The third-order valence-electron chi connectivity index (χ3n) is 4.76. The Balaban J connectivity index is 0.00000338. The predicted octanol–water partition coefficient (Wildman–Crippen LogP) is 1.66. The zero-order valence-electron chi connectivity index (χ0n) is 15.4. The van der Waals surface area contributed by atoms with Crippen LogP contribution in [0.5, 0.6) is 0 Å². The number of halogens is 1. The van der Waals surface area contributed by atoms with E-state index < -0.39 is 5.54 Å². The molecule has 3 amide bonds. The first-order chi connectivity index (χ1) is 11.8. The van der Waals surface area contributed by atoms with Crippen molar-refractivity contribution in [2.75, 3.05) is 23.3 Å². The van der Waals surface area contributed by atoms with Gasteiger partial charge in [-0.15, -0.1) is 12.4 Å². The van der Waals surface area contributed by atoms with Gasteiger partial charge in [-0.3, -0.25) is 14.4 Å². The second-order valence-electron chi connectivity index (χ2n) is 6.87. The summed E-state index contributed by atoms with van der Waals surface area (Å²) < 4.78 is 0. The van der Waals surface area contributed by atoms with Crippen LogP contribution in [0.15, 0.2) is 24.3 Å². The average Bonchev–Trinajstić information content (AvgIpc) is 2.58. The number of hydrogen-bond acceptors (Lipinski definition) is 4. The van der Waals surface area contributed by atoms with Crippen LogP contribution in [0.2, 0.25) is 0 Å². The topological polar surface area (TPSA) is 105 Å². The quantitative estimate of drug-likeness (QED) is 0.695. The van der Waals surface area contributed by atoms with Crippen molar-refractivity contribution < 1.29 is 14.4 Å². The molecule has 1 aliphatic rings. The first kappa shape index (κ1) is 21.9. The lowest BCUT2D eigenvalue weighted by atomic mass is 9.88. The number of rotatable bonds is 6. The minimum atomic E-state index is -0.502. The molecule has 1 unspecified atom stereocenters. The second kappa shape index (κ2) is 9.00. The van der Waals surface area contributed by atoms with Crippen molar-refractivity contribution in [3.8, 4) is 0 Å². The van der Waals surface area contributed by atoms with E-state index >= 15 is 0 Å². The highest BCUT2D eigenvalue weighted by Gasteiger charge is 2.30. The third-order valence-corrected chi connectivity index (χ3v) is 4.76. The Bertz CT molecular complexity index is 680. The van der Waals surface area contributed by atoms with Gasteiger partial charge in [0.05, 0.1) is 16.9 Å². The summed E-state index contributed by atoms with van der Waals surface area (Å²) in [5.41, 5.74) is 6.52. The number of benzene rings is 1. The number of nitrogens with one attached hydrogen (secondary N) is 2. The summed E-state index contributed by atoms with van der Waals surface area (Å²) >= 11 is 0. The van der Waals surface area contributed by atoms with Gasteiger partial charge in [0.2, 0.25) is 17.7 Å². The molecule has 7 nitrogen and oxygen atoms in total. The molecule has 1 aliphatic heterocycles. The molecule has 0 aromatic heterocycles. The molecular formula is C18H27ClN4O3. The molecular weight excluding hydrogens is 356 g/mol. The summed E-state index contributed by atoms with van der Waals surface area (Å²) in [7, 11) is 0. The Kier molecular flexibility index (Phi) is 7.59. The van der Waals surface area contributed by atoms with Crippen LogP contribution in [-0.4, -0.2) is 36.3 Å². The highest BCUT2D eigenvalue weighted by molar-refractivity contribution is 6.10. The van der Waals surface area contributed by atoms with E-state index in [2.05, 4.69) is 10.6 Å². The lowest BCUT2D eigenvalue weighted by Crippen LogP contribution is -2.55. The van der Waals surface area contributed by atoms with Crippen LogP contribution in [0.1, 0.15) is 33.6 Å². The number of fused-ring (bicyclic) bond motifs is 1. The van der Waals surface area contributed by atoms with Gasteiger partial charge >= 0.3 is 0 Å². The van der Waals surface area contributed by atoms with Crippen molar-refractivity contribution in [3.63, 3.8) is 0 Å². The maximum atomic E-state index is 12.5. The number of carbonyl (C=O) groups is 3. The van der Waals surface area contributed by atoms with Gasteiger partial charge in [-0.1, -0.05) is 26.0 Å². The Labute approximate surface area is 160 Å². The normalized spacial score (nSPS) is 15.4. The summed E-state index contributed by atoms with van der Waals surface area (Å²) in [6, 6.07) is 7.12. The van der Waals surface area contributed by atoms with E-state index in [1.54, 1.807) is 24.3 Å². The largest absolute Gasteiger partial charge is 0.349 e. The van der Waals surface area contributed by atoms with Crippen LogP contribution in [0.4, 0.5) is 11.4 Å². The van der Waals surface area contributed by atoms with Crippen LogP contribution in [0.3, 0.4) is 0 Å². The minimum Gasteiger partial charge on any atom is -0.349 e. The van der Waals surface area contributed by atoms with Gasteiger partial charge in [0, 0.05) is 19.4 Å². The van der Waals surface area contributed by atoms with Crippen molar-refractivity contribution >= 4 is 41.5 Å². The minimum absolute atomic E-state index is 0. The van der Waals surface area contributed by atoms with Crippen molar-refractivity contribution in [2.45, 2.75) is 39.2 Å². The summed E-state index contributed by atoms with van der Waals surface area (Å²) in [6.07, 6.45) is 0.0909. The molecule has 0 fully saturated rings. The van der Waals surface area contributed by atoms with E-state index in [1.165, 1.54) is 4.90 Å². The average molecular weight is 383 g/mol. The fourth-order valence-electron chi connectivity index (χ4n) is 2.62. The number of amides is 3. The Morgan fingerprint density at radius 2 is 1.96 bits per heavy atom. The summed E-state index contributed by atoms with van der Waals surface area (Å²) in [5, 5.41) is 5.65. The highest BCUT2D eigenvalue weighted by Crippen LogP contribution is 2.29. The molecule has 0 saturated heterocycles. The first-order valence-electron chi connectivity index (χ1n) is 8.47. The van der Waals surface area contributed by atoms with Crippen LogP contribution in [0, 0.1) is 5.92 Å². The van der Waals surface area contributed by atoms with Crippen LogP contribution >= 0.6 is 12.4 Å². The Morgan fingerprint density at radius 1 is 1.31 bits per heavy atom. The van der Waals surface area contributed by atoms with Gasteiger partial charge in [-0.25, -0.2) is 0 Å². The van der Waals surface area contributed by atoms with E-state index in [1.807, 2.05) is 20.8 Å². The lowest BCUT2D eigenvalue weighted by molar-refractivity contribution is -0.127. The standard InChI is InChI=1S/C18H26N4O3.ClH/c1-12(2)18(3,11-19)21-15(23)8-9-17(25)22-10-16(24)20-13-6-4-5-7-14(13)22;/h4-7,12H,8-11,19H2,1-3H3,(H,20,24)(H,21,23);1H. The number of nitrogens with two attached hydrogens (primary N) is 1. The van der Waals surface area contributed by atoms with Crippen LogP contribution in [-0.2, 0) is 14.4 Å². The highest BCUT2D eigenvalue weighted by atomic mass is 35.5. The van der Waals surface area contributed by atoms with E-state index in [-0.39, 0.29) is 55.4 Å². The maximum absolute atomic E-state index is 12.5. The molecule has 1 aromatic rings. The van der Waals surface area contributed by atoms with Crippen LogP contribution in [0.25, 0.3) is 0 Å². The van der Waals surface area contributed by atoms with Crippen molar-refractivity contribution in [2.24, 2.45) is 11.7 Å². The fraction of sp³-hybridized carbons (Fsp3) is 0.500. The molecule has 1 aromatic carbocycles. The Morgan fingerprint density at radius 3 is 2.58 bits per heavy atom. The van der Waals surface area contributed by atoms with E-state index in [0.29, 0.717) is 17.9 Å². The zero-order chi connectivity index (χ0) is 18.6. The molecule has 0 saturated carbocycles. The molecule has 1 heterocycles. The van der Waals surface area contributed by atoms with E-state index in [4.69, 9.17) is 5.73 Å². The number of anilines is 2. The van der Waals surface area contributed by atoms with Crippen molar-refractivity contribution in [1.29, 1.82) is 0 Å². The third kappa shape index (κ3) is 4.95. The van der Waals surface area contributed by atoms with Crippen molar-refractivity contribution in [3.05, 3.63) is 24.3 Å². The molecule has 0 aliphatic carbocycles. The molecule has 0 spiro atoms. The molecule has 0 bridgehead atoms. The lowest BCUT2D eigenvalue weighted by Gasteiger charge is -2.33. The molecule has 26 heavy (non-hydrogen) atoms. The van der Waals surface area contributed by atoms with Gasteiger partial charge in [-0.05, 0) is 25.0 Å². The number of carbonyl (C=O) groups excluding carboxylic acids is 3. The summed E-state index contributed by atoms with van der Waals surface area (Å²) in [4.78, 5) is 37.9. The number of hydrogen-bond donors (Lipinski definition) is 3. The van der Waals surface area contributed by atoms with Gasteiger partial charge in [0.1, 0.15) is 6.54 Å². The molecule has 8 heteroatoms. The van der Waals surface area contributed by atoms with Gasteiger partial charge in [-0.2, -0.15) is 0 Å². The van der Waals surface area contributed by atoms with Gasteiger partial charge in [0.25, 0.3) is 0 Å². The first-order valence-corrected chi connectivity index (χ1v) is 8.47. The number of para-hydroxylation sites is 2. The molecule has 0 radical (unpaired) electrons. The molecule has 144 valence electrons. The van der Waals surface area contributed by atoms with Crippen LogP contribution < -0.4 is 21.3 Å². The summed E-state index contributed by atoms with van der Waals surface area (Å²) in [6.45, 7) is 6.15. The zero-order valence-corrected chi connectivity index (χ0v) is 16.2. The second-order valence-corrected chi connectivity index (χ2v) is 6.87. The van der Waals surface area contributed by atoms with Gasteiger partial charge in [0.15, 0.2) is 0 Å². The monoisotopic (exact) mass is 382 g/mol. The molecule has 4 N–H and O–H groups in total. The maximum Gasteiger partial charge on any atom is 0.244 e. The fourth-order valence-corrected chi connectivity index (χ4v) is 2.62. The van der Waals surface area contributed by atoms with Crippen molar-refractivity contribution in [1.82, 2.24) is 5.32 Å². The predicted molar refractivity (Wildman–Crippen MR) is 104 cm³/mol. The SMILES string of the molecule is CC(C)C(C)(CN)NC(=O)CCC(=O)N1CC(=O)Nc2ccccc21.Cl. The van der Waals surface area contributed by atoms with E-state index in [9.17, 15) is 14.4 Å². The molecule has 1 atom stereocenters. The number of nitrogens with zero attached hydrogens (tertiary/aromatic N) is 1. The summed E-state index contributed by atoms with van der Waals surface area (Å²) in [5.74, 6) is -0.539.